The molecule has 1 aromatic heterocycles. The van der Waals surface area contributed by atoms with E-state index in [2.05, 4.69) is 43.5 Å². The fourth-order valence-electron chi connectivity index (χ4n) is 2.70. The summed E-state index contributed by atoms with van der Waals surface area (Å²) in [6.45, 7) is 2.17. The van der Waals surface area contributed by atoms with Gasteiger partial charge in [0.05, 0.1) is 8.81 Å². The van der Waals surface area contributed by atoms with Gasteiger partial charge in [0.2, 0.25) is 0 Å². The molecule has 0 radical (unpaired) electrons. The first-order valence-electron chi connectivity index (χ1n) is 6.33. The van der Waals surface area contributed by atoms with E-state index < -0.39 is 10.0 Å². The lowest BCUT2D eigenvalue weighted by Crippen LogP contribution is -2.52. The van der Waals surface area contributed by atoms with Crippen LogP contribution in [0.1, 0.15) is 32.6 Å². The minimum absolute atomic E-state index is 0.257. The van der Waals surface area contributed by atoms with E-state index in [1.54, 1.807) is 0 Å². The first kappa shape index (κ1) is 17.2. The Kier molecular flexibility index (Phi) is 5.63. The molecule has 0 aromatic carbocycles. The minimum atomic E-state index is -3.53. The van der Waals surface area contributed by atoms with Gasteiger partial charge in [-0.2, -0.15) is 0 Å². The quantitative estimate of drug-likeness (QED) is 0.650. The van der Waals surface area contributed by atoms with E-state index in [9.17, 15) is 8.42 Å². The summed E-state index contributed by atoms with van der Waals surface area (Å²) in [5.74, 6) is 0.530. The van der Waals surface area contributed by atoms with Gasteiger partial charge < -0.3 is 0 Å². The van der Waals surface area contributed by atoms with Crippen LogP contribution in [-0.2, 0) is 10.0 Å². The molecule has 20 heavy (non-hydrogen) atoms. The number of halogens is 3. The molecule has 2 atom stereocenters. The van der Waals surface area contributed by atoms with Gasteiger partial charge in [0.15, 0.2) is 0 Å². The van der Waals surface area contributed by atoms with Gasteiger partial charge in [0, 0.05) is 10.9 Å². The Balaban J connectivity index is 2.26. The third kappa shape index (κ3) is 3.79. The van der Waals surface area contributed by atoms with Crippen molar-refractivity contribution >= 4 is 64.8 Å². The fraction of sp³-hybridized carbons (Fsp3) is 0.667. The highest BCUT2D eigenvalue weighted by molar-refractivity contribution is 9.11. The summed E-state index contributed by atoms with van der Waals surface area (Å²) in [6.07, 6.45) is 3.93. The van der Waals surface area contributed by atoms with Crippen LogP contribution < -0.4 is 4.72 Å². The number of hydrogen-bond acceptors (Lipinski definition) is 3. The van der Waals surface area contributed by atoms with Crippen molar-refractivity contribution in [3.05, 3.63) is 14.9 Å². The molecule has 1 aliphatic rings. The molecular weight excluding hydrogens is 450 g/mol. The van der Waals surface area contributed by atoms with Crippen LogP contribution >= 0.6 is 54.8 Å². The lowest BCUT2D eigenvalue weighted by molar-refractivity contribution is 0.242. The molecule has 114 valence electrons. The van der Waals surface area contributed by atoms with Crippen LogP contribution in [0.25, 0.3) is 0 Å². The van der Waals surface area contributed by atoms with Gasteiger partial charge in [-0.15, -0.1) is 11.3 Å². The molecule has 2 rings (SSSR count). The zero-order chi connectivity index (χ0) is 15.0. The molecule has 0 amide bonds. The smallest absolute Gasteiger partial charge is 0.206 e. The van der Waals surface area contributed by atoms with E-state index in [-0.39, 0.29) is 9.75 Å². The number of hydrogen-bond donors (Lipinski definition) is 1. The van der Waals surface area contributed by atoms with Crippen LogP contribution in [0.4, 0.5) is 0 Å². The Labute approximate surface area is 145 Å². The van der Waals surface area contributed by atoms with E-state index >= 15 is 0 Å². The fourth-order valence-corrected chi connectivity index (χ4v) is 7.37. The zero-order valence-electron chi connectivity index (χ0n) is 11.0. The molecular formula is C12H16Br2ClNO2S2. The molecule has 3 nitrogen and oxygen atoms in total. The third-order valence-electron chi connectivity index (χ3n) is 3.59. The van der Waals surface area contributed by atoms with Crippen LogP contribution in [0.15, 0.2) is 14.1 Å². The second-order valence-electron chi connectivity index (χ2n) is 5.41. The molecule has 0 aliphatic heterocycles. The van der Waals surface area contributed by atoms with E-state index in [4.69, 9.17) is 11.6 Å². The largest absolute Gasteiger partial charge is 0.250 e. The SMILES string of the molecule is CC1CCCC(CBr)(NS(=O)(=O)c2cc(Cl)c(Br)s2)C1. The summed E-state index contributed by atoms with van der Waals surface area (Å²) in [6, 6.07) is 1.49. The molecule has 0 saturated heterocycles. The molecule has 1 fully saturated rings. The minimum Gasteiger partial charge on any atom is -0.206 e. The molecule has 0 spiro atoms. The van der Waals surface area contributed by atoms with Gasteiger partial charge in [-0.05, 0) is 40.8 Å². The number of alkyl halides is 1. The zero-order valence-corrected chi connectivity index (χ0v) is 16.5. The van der Waals surface area contributed by atoms with Crippen molar-refractivity contribution in [2.24, 2.45) is 5.92 Å². The highest BCUT2D eigenvalue weighted by Gasteiger charge is 2.38. The summed E-state index contributed by atoms with van der Waals surface area (Å²) in [7, 11) is -3.53. The molecule has 2 unspecified atom stereocenters. The third-order valence-corrected chi connectivity index (χ3v) is 9.19. The van der Waals surface area contributed by atoms with Crippen molar-refractivity contribution in [3.8, 4) is 0 Å². The van der Waals surface area contributed by atoms with Gasteiger partial charge >= 0.3 is 0 Å². The first-order chi connectivity index (χ1) is 9.28. The summed E-state index contributed by atoms with van der Waals surface area (Å²) < 4.78 is 28.9. The van der Waals surface area contributed by atoms with Gasteiger partial charge in [-0.25, -0.2) is 13.1 Å². The first-order valence-corrected chi connectivity index (χ1v) is 10.9. The average molecular weight is 466 g/mol. The summed E-state index contributed by atoms with van der Waals surface area (Å²) >= 11 is 13.8. The normalized spacial score (nSPS) is 27.7. The van der Waals surface area contributed by atoms with Crippen LogP contribution in [-0.4, -0.2) is 19.3 Å². The molecule has 1 saturated carbocycles. The maximum atomic E-state index is 12.5. The average Bonchev–Trinajstić information content (AvgIpc) is 2.70. The van der Waals surface area contributed by atoms with Crippen molar-refractivity contribution < 1.29 is 8.42 Å². The molecule has 0 bridgehead atoms. The summed E-state index contributed by atoms with van der Waals surface area (Å²) in [5, 5.41) is 1.06. The van der Waals surface area contributed by atoms with Gasteiger partial charge in [-0.1, -0.05) is 47.3 Å². The lowest BCUT2D eigenvalue weighted by Gasteiger charge is -2.39. The van der Waals surface area contributed by atoms with Crippen LogP contribution in [0.2, 0.25) is 5.02 Å². The molecule has 1 heterocycles. The molecule has 1 N–H and O–H groups in total. The maximum absolute atomic E-state index is 12.5. The molecule has 8 heteroatoms. The van der Waals surface area contributed by atoms with Crippen molar-refractivity contribution in [1.82, 2.24) is 4.72 Å². The summed E-state index contributed by atoms with van der Waals surface area (Å²) in [5.41, 5.74) is -0.389. The van der Waals surface area contributed by atoms with Crippen molar-refractivity contribution in [3.63, 3.8) is 0 Å². The molecule has 1 aromatic rings. The van der Waals surface area contributed by atoms with Crippen LogP contribution in [0.5, 0.6) is 0 Å². The van der Waals surface area contributed by atoms with E-state index in [1.165, 1.54) is 6.07 Å². The maximum Gasteiger partial charge on any atom is 0.250 e. The van der Waals surface area contributed by atoms with Gasteiger partial charge in [-0.3, -0.25) is 0 Å². The standard InChI is InChI=1S/C12H16Br2ClNO2S2/c1-8-3-2-4-12(6-8,7-13)16-20(17,18)10-5-9(15)11(14)19-10/h5,8,16H,2-4,6-7H2,1H3. The van der Waals surface area contributed by atoms with Gasteiger partial charge in [0.1, 0.15) is 4.21 Å². The number of nitrogens with one attached hydrogen (secondary N) is 1. The topological polar surface area (TPSA) is 46.2 Å². The Morgan fingerprint density at radius 3 is 2.80 bits per heavy atom. The lowest BCUT2D eigenvalue weighted by atomic mass is 9.78. The Morgan fingerprint density at radius 2 is 2.30 bits per heavy atom. The number of thiophene rings is 1. The van der Waals surface area contributed by atoms with E-state index in [0.29, 0.717) is 20.1 Å². The van der Waals surface area contributed by atoms with E-state index in [1.807, 2.05) is 0 Å². The number of sulfonamides is 1. The Bertz CT molecular complexity index is 571. The predicted octanol–water partition coefficient (Wildman–Crippen LogP) is 4.79. The highest BCUT2D eigenvalue weighted by atomic mass is 79.9. The Morgan fingerprint density at radius 1 is 1.60 bits per heavy atom. The summed E-state index contributed by atoms with van der Waals surface area (Å²) in [4.78, 5) is 0. The van der Waals surface area contributed by atoms with Gasteiger partial charge in [0.25, 0.3) is 10.0 Å². The monoisotopic (exact) mass is 463 g/mol. The second kappa shape index (κ2) is 6.54. The van der Waals surface area contributed by atoms with E-state index in [0.717, 1.165) is 37.0 Å². The Hall–Kier alpha value is 0.860. The van der Waals surface area contributed by atoms with Crippen LogP contribution in [0, 0.1) is 5.92 Å². The second-order valence-corrected chi connectivity index (χ2v) is 10.7. The van der Waals surface area contributed by atoms with Crippen LogP contribution in [0.3, 0.4) is 0 Å². The van der Waals surface area contributed by atoms with Crippen molar-refractivity contribution in [2.45, 2.75) is 42.4 Å². The number of rotatable bonds is 4. The highest BCUT2D eigenvalue weighted by Crippen LogP contribution is 2.38. The van der Waals surface area contributed by atoms with Crippen molar-refractivity contribution in [1.29, 1.82) is 0 Å². The predicted molar refractivity (Wildman–Crippen MR) is 91.5 cm³/mol. The van der Waals surface area contributed by atoms with Crippen molar-refractivity contribution in [2.75, 3.05) is 5.33 Å². The molecule has 1 aliphatic carbocycles.